The van der Waals surface area contributed by atoms with Crippen molar-refractivity contribution in [1.29, 1.82) is 0 Å². The number of fused-ring (bicyclic) bond motifs is 1. The topological polar surface area (TPSA) is 35.8 Å². The van der Waals surface area contributed by atoms with E-state index in [2.05, 4.69) is 4.99 Å². The van der Waals surface area contributed by atoms with Crippen LogP contribution in [0.3, 0.4) is 0 Å². The van der Waals surface area contributed by atoms with Gasteiger partial charge >= 0.3 is 0 Å². The minimum atomic E-state index is -0.315. The quantitative estimate of drug-likeness (QED) is 0.567. The number of aliphatic hydroxyl groups is 1. The average Bonchev–Trinajstić information content (AvgIpc) is 2.04. The lowest BCUT2D eigenvalue weighted by molar-refractivity contribution is 0.154. The van der Waals surface area contributed by atoms with Crippen molar-refractivity contribution in [3.8, 4) is 0 Å². The second-order valence-electron chi connectivity index (χ2n) is 3.16. The highest BCUT2D eigenvalue weighted by Crippen LogP contribution is 2.14. The number of rotatable bonds is 0. The molecule has 2 rings (SSSR count). The van der Waals surface area contributed by atoms with E-state index in [0.717, 1.165) is 5.84 Å². The molecule has 0 radical (unpaired) electrons. The fraction of sp³-hybridized carbons (Fsp3) is 0.444. The number of allylic oxidation sites excluding steroid dienone is 2. The third-order valence-electron chi connectivity index (χ3n) is 2.10. The molecule has 0 unspecified atom stereocenters. The molecule has 0 amide bonds. The number of hydrogen-bond donors (Lipinski definition) is 1. The van der Waals surface area contributed by atoms with Gasteiger partial charge in [-0.15, -0.1) is 0 Å². The molecule has 0 saturated heterocycles. The van der Waals surface area contributed by atoms with Crippen LogP contribution in [0.15, 0.2) is 28.9 Å². The smallest absolute Gasteiger partial charge is 0.130 e. The average molecular weight is 164 g/mol. The van der Waals surface area contributed by atoms with Crippen LogP contribution >= 0.6 is 0 Å². The van der Waals surface area contributed by atoms with Crippen molar-refractivity contribution in [2.24, 2.45) is 4.99 Å². The molecular formula is C9H12N2O. The van der Waals surface area contributed by atoms with Gasteiger partial charge in [0.1, 0.15) is 5.84 Å². The van der Waals surface area contributed by atoms with Gasteiger partial charge in [-0.2, -0.15) is 0 Å². The molecule has 0 bridgehead atoms. The molecule has 0 saturated carbocycles. The predicted octanol–water partition coefficient (Wildman–Crippen LogP) is 0.535. The third kappa shape index (κ3) is 1.16. The summed E-state index contributed by atoms with van der Waals surface area (Å²) in [6.07, 6.45) is 5.65. The zero-order valence-electron chi connectivity index (χ0n) is 7.07. The largest absolute Gasteiger partial charge is 0.389 e. The van der Waals surface area contributed by atoms with Crippen molar-refractivity contribution in [1.82, 2.24) is 4.90 Å². The maximum Gasteiger partial charge on any atom is 0.130 e. The molecule has 64 valence electrons. The van der Waals surface area contributed by atoms with E-state index in [-0.39, 0.29) is 6.10 Å². The van der Waals surface area contributed by atoms with Crippen LogP contribution in [0.4, 0.5) is 0 Å². The standard InChI is InChI=1S/C9H12N2O/c1-7-3-2-4-11-6-8(12)5-10-9(7)11/h2-4,8,12H,5-6H2,1H3/t8-/m1/s1. The zero-order chi connectivity index (χ0) is 8.55. The number of hydrogen-bond acceptors (Lipinski definition) is 3. The van der Waals surface area contributed by atoms with Gasteiger partial charge in [0.25, 0.3) is 0 Å². The van der Waals surface area contributed by atoms with Gasteiger partial charge in [-0.1, -0.05) is 6.08 Å². The fourth-order valence-corrected chi connectivity index (χ4v) is 1.50. The van der Waals surface area contributed by atoms with Crippen LogP contribution in [-0.4, -0.2) is 35.0 Å². The van der Waals surface area contributed by atoms with Gasteiger partial charge < -0.3 is 10.0 Å². The van der Waals surface area contributed by atoms with E-state index in [1.54, 1.807) is 0 Å². The van der Waals surface area contributed by atoms with Crippen LogP contribution < -0.4 is 0 Å². The van der Waals surface area contributed by atoms with Crippen molar-refractivity contribution in [2.45, 2.75) is 13.0 Å². The minimum absolute atomic E-state index is 0.315. The minimum Gasteiger partial charge on any atom is -0.389 e. The Kier molecular flexibility index (Phi) is 1.73. The van der Waals surface area contributed by atoms with Gasteiger partial charge in [0.15, 0.2) is 0 Å². The van der Waals surface area contributed by atoms with Gasteiger partial charge in [-0.25, -0.2) is 0 Å². The molecule has 2 heterocycles. The Morgan fingerprint density at radius 2 is 2.50 bits per heavy atom. The number of nitrogens with zero attached hydrogens (tertiary/aromatic N) is 2. The van der Waals surface area contributed by atoms with Crippen LogP contribution in [0.2, 0.25) is 0 Å². The first-order valence-electron chi connectivity index (χ1n) is 4.12. The monoisotopic (exact) mass is 164 g/mol. The molecule has 1 atom stereocenters. The molecule has 0 aromatic rings. The van der Waals surface area contributed by atoms with Crippen LogP contribution in [0.5, 0.6) is 0 Å². The third-order valence-corrected chi connectivity index (χ3v) is 2.10. The van der Waals surface area contributed by atoms with E-state index < -0.39 is 0 Å². The molecule has 0 aliphatic carbocycles. The molecule has 0 spiro atoms. The Morgan fingerprint density at radius 1 is 1.67 bits per heavy atom. The van der Waals surface area contributed by atoms with Crippen molar-refractivity contribution in [3.63, 3.8) is 0 Å². The van der Waals surface area contributed by atoms with Gasteiger partial charge in [0.05, 0.1) is 19.2 Å². The summed E-state index contributed by atoms with van der Waals surface area (Å²) in [6.45, 7) is 3.23. The van der Waals surface area contributed by atoms with E-state index in [0.29, 0.717) is 13.1 Å². The molecule has 3 nitrogen and oxygen atoms in total. The van der Waals surface area contributed by atoms with Crippen LogP contribution in [0.25, 0.3) is 0 Å². The summed E-state index contributed by atoms with van der Waals surface area (Å²) >= 11 is 0. The van der Waals surface area contributed by atoms with Crippen LogP contribution in [-0.2, 0) is 0 Å². The van der Waals surface area contributed by atoms with E-state index in [1.165, 1.54) is 5.57 Å². The first kappa shape index (κ1) is 7.55. The van der Waals surface area contributed by atoms with Crippen LogP contribution in [0.1, 0.15) is 6.92 Å². The Morgan fingerprint density at radius 3 is 3.33 bits per heavy atom. The first-order valence-corrected chi connectivity index (χ1v) is 4.12. The predicted molar refractivity (Wildman–Crippen MR) is 47.9 cm³/mol. The summed E-state index contributed by atoms with van der Waals surface area (Å²) < 4.78 is 0. The Balaban J connectivity index is 2.29. The van der Waals surface area contributed by atoms with E-state index in [1.807, 2.05) is 30.2 Å². The lowest BCUT2D eigenvalue weighted by Crippen LogP contribution is -2.41. The van der Waals surface area contributed by atoms with Crippen molar-refractivity contribution < 1.29 is 5.11 Å². The Labute approximate surface area is 71.7 Å². The number of aliphatic hydroxyl groups excluding tert-OH is 1. The molecule has 2 aliphatic heterocycles. The second kappa shape index (κ2) is 2.75. The molecule has 2 aliphatic rings. The second-order valence-corrected chi connectivity index (χ2v) is 3.16. The van der Waals surface area contributed by atoms with E-state index in [9.17, 15) is 5.11 Å². The molecule has 0 aromatic carbocycles. The summed E-state index contributed by atoms with van der Waals surface area (Å²) in [4.78, 5) is 6.28. The van der Waals surface area contributed by atoms with Gasteiger partial charge in [-0.3, -0.25) is 4.99 Å². The molecule has 1 N–H and O–H groups in total. The fourth-order valence-electron chi connectivity index (χ4n) is 1.50. The van der Waals surface area contributed by atoms with Gasteiger partial charge in [0.2, 0.25) is 0 Å². The highest BCUT2D eigenvalue weighted by Gasteiger charge is 2.21. The van der Waals surface area contributed by atoms with Crippen molar-refractivity contribution in [3.05, 3.63) is 23.9 Å². The summed E-state index contributed by atoms with van der Waals surface area (Å²) in [5.41, 5.74) is 1.17. The lowest BCUT2D eigenvalue weighted by Gasteiger charge is -2.31. The molecule has 0 fully saturated rings. The van der Waals surface area contributed by atoms with E-state index >= 15 is 0 Å². The first-order chi connectivity index (χ1) is 5.77. The number of amidine groups is 1. The lowest BCUT2D eigenvalue weighted by atomic mass is 10.1. The number of aliphatic imine (C=N–C) groups is 1. The maximum atomic E-state index is 9.33. The normalized spacial score (nSPS) is 27.8. The van der Waals surface area contributed by atoms with Crippen molar-refractivity contribution >= 4 is 5.84 Å². The Bertz CT molecular complexity index is 278. The highest BCUT2D eigenvalue weighted by molar-refractivity contribution is 6.00. The van der Waals surface area contributed by atoms with Gasteiger partial charge in [0, 0.05) is 6.20 Å². The van der Waals surface area contributed by atoms with Gasteiger partial charge in [-0.05, 0) is 18.6 Å². The summed E-state index contributed by atoms with van der Waals surface area (Å²) in [6, 6.07) is 0. The molecule has 3 heteroatoms. The summed E-state index contributed by atoms with van der Waals surface area (Å²) in [5.74, 6) is 1.00. The molecule has 0 aromatic heterocycles. The van der Waals surface area contributed by atoms with Crippen molar-refractivity contribution in [2.75, 3.05) is 13.1 Å². The molecule has 12 heavy (non-hydrogen) atoms. The zero-order valence-corrected chi connectivity index (χ0v) is 7.07. The molecular weight excluding hydrogens is 152 g/mol. The highest BCUT2D eigenvalue weighted by atomic mass is 16.3. The summed E-state index contributed by atoms with van der Waals surface area (Å²) in [5, 5.41) is 9.33. The maximum absolute atomic E-state index is 9.33. The summed E-state index contributed by atoms with van der Waals surface area (Å²) in [7, 11) is 0. The van der Waals surface area contributed by atoms with E-state index in [4.69, 9.17) is 0 Å². The Hall–Kier alpha value is -1.09. The SMILES string of the molecule is CC1=CC=CN2C[C@H](O)CN=C12. The van der Waals surface area contributed by atoms with Crippen LogP contribution in [0, 0.1) is 0 Å².